The third-order valence-corrected chi connectivity index (χ3v) is 3.61. The average molecular weight is 315 g/mol. The molecule has 0 fully saturated rings. The largest absolute Gasteiger partial charge is 0.330 e. The molecule has 0 aliphatic heterocycles. The second-order valence-electron chi connectivity index (χ2n) is 4.82. The number of fused-ring (bicyclic) bond motifs is 1. The molecule has 5 nitrogen and oxygen atoms in total. The summed E-state index contributed by atoms with van der Waals surface area (Å²) in [7, 11) is 0. The van der Waals surface area contributed by atoms with Gasteiger partial charge in [0.1, 0.15) is 5.82 Å². The Balaban J connectivity index is 2.22. The van der Waals surface area contributed by atoms with Crippen molar-refractivity contribution in [1.29, 1.82) is 0 Å². The van der Waals surface area contributed by atoms with Gasteiger partial charge in [0.05, 0.1) is 21.6 Å². The van der Waals surface area contributed by atoms with Gasteiger partial charge in [-0.05, 0) is 30.8 Å². The number of nitrogens with zero attached hydrogens (tertiary/aromatic N) is 2. The first-order valence-corrected chi connectivity index (χ1v) is 7.31. The molecule has 22 heavy (non-hydrogen) atoms. The van der Waals surface area contributed by atoms with E-state index >= 15 is 0 Å². The normalized spacial score (nSPS) is 10.8. The van der Waals surface area contributed by atoms with Crippen LogP contribution in [0.2, 0.25) is 5.02 Å². The fourth-order valence-corrected chi connectivity index (χ4v) is 2.54. The van der Waals surface area contributed by atoms with Gasteiger partial charge < -0.3 is 5.73 Å². The van der Waals surface area contributed by atoms with Crippen molar-refractivity contribution in [3.8, 4) is 0 Å². The van der Waals surface area contributed by atoms with E-state index in [1.807, 2.05) is 30.3 Å². The highest BCUT2D eigenvalue weighted by Gasteiger charge is 2.13. The number of aromatic nitrogens is 2. The van der Waals surface area contributed by atoms with E-state index in [2.05, 4.69) is 10.4 Å². The quantitative estimate of drug-likeness (QED) is 0.775. The molecule has 0 aliphatic rings. The molecular weight excluding hydrogens is 300 g/mol. The molecule has 0 amide bonds. The number of benzene rings is 2. The fourth-order valence-electron chi connectivity index (χ4n) is 2.29. The molecule has 112 valence electrons. The number of rotatable bonds is 4. The number of anilines is 1. The van der Waals surface area contributed by atoms with Gasteiger partial charge in [0.25, 0.3) is 5.56 Å². The van der Waals surface area contributed by atoms with Gasteiger partial charge in [-0.2, -0.15) is 0 Å². The number of para-hydroxylation sites is 1. The van der Waals surface area contributed by atoms with Crippen LogP contribution < -0.4 is 16.7 Å². The van der Waals surface area contributed by atoms with Crippen LogP contribution in [0.5, 0.6) is 0 Å². The Morgan fingerprint density at radius 1 is 1.14 bits per heavy atom. The highest BCUT2D eigenvalue weighted by molar-refractivity contribution is 6.35. The van der Waals surface area contributed by atoms with Crippen LogP contribution in [0.3, 0.4) is 0 Å². The molecule has 0 saturated heterocycles. The molecule has 3 N–H and O–H groups in total. The van der Waals surface area contributed by atoms with Crippen LogP contribution in [0.1, 0.15) is 5.82 Å². The van der Waals surface area contributed by atoms with E-state index in [1.165, 1.54) is 4.68 Å². The van der Waals surface area contributed by atoms with E-state index < -0.39 is 0 Å². The summed E-state index contributed by atoms with van der Waals surface area (Å²) in [6, 6.07) is 14.7. The average Bonchev–Trinajstić information content (AvgIpc) is 2.52. The standard InChI is InChI=1S/C16H15ClN4O/c17-12-7-4-8-13-15(12)16(22)21(14(19-13)9-10-18)20-11-5-2-1-3-6-11/h1-8,20H,9-10,18H2. The SMILES string of the molecule is NCCc1nc2cccc(Cl)c2c(=O)n1Nc1ccccc1. The van der Waals surface area contributed by atoms with E-state index in [1.54, 1.807) is 18.2 Å². The van der Waals surface area contributed by atoms with Crippen molar-refractivity contribution in [2.45, 2.75) is 6.42 Å². The lowest BCUT2D eigenvalue weighted by Crippen LogP contribution is -2.32. The Bertz CT molecular complexity index is 861. The number of nitrogens with one attached hydrogen (secondary N) is 1. The maximum atomic E-state index is 12.8. The zero-order valence-corrected chi connectivity index (χ0v) is 12.5. The zero-order valence-electron chi connectivity index (χ0n) is 11.8. The van der Waals surface area contributed by atoms with Crippen LogP contribution in [0.4, 0.5) is 5.69 Å². The highest BCUT2D eigenvalue weighted by atomic mass is 35.5. The molecule has 0 spiro atoms. The predicted octanol–water partition coefficient (Wildman–Crippen LogP) is 2.43. The second kappa shape index (κ2) is 6.17. The molecule has 6 heteroatoms. The molecule has 1 heterocycles. The molecule has 0 aliphatic carbocycles. The van der Waals surface area contributed by atoms with E-state index in [0.29, 0.717) is 34.7 Å². The molecule has 3 aromatic rings. The minimum atomic E-state index is -0.233. The highest BCUT2D eigenvalue weighted by Crippen LogP contribution is 2.19. The molecule has 3 rings (SSSR count). The van der Waals surface area contributed by atoms with Gasteiger partial charge in [0, 0.05) is 6.42 Å². The van der Waals surface area contributed by atoms with E-state index in [4.69, 9.17) is 17.3 Å². The van der Waals surface area contributed by atoms with Gasteiger partial charge in [-0.15, -0.1) is 0 Å². The van der Waals surface area contributed by atoms with Crippen LogP contribution in [0.25, 0.3) is 10.9 Å². The first kappa shape index (κ1) is 14.6. The molecule has 0 saturated carbocycles. The molecule has 0 bridgehead atoms. The molecule has 1 aromatic heterocycles. The monoisotopic (exact) mass is 314 g/mol. The smallest absolute Gasteiger partial charge is 0.281 e. The van der Waals surface area contributed by atoms with E-state index in [0.717, 1.165) is 5.69 Å². The number of nitrogens with two attached hydrogens (primary N) is 1. The van der Waals surface area contributed by atoms with Crippen molar-refractivity contribution in [3.05, 3.63) is 69.7 Å². The topological polar surface area (TPSA) is 72.9 Å². The Morgan fingerprint density at radius 3 is 2.64 bits per heavy atom. The Kier molecular flexibility index (Phi) is 4.09. The van der Waals surface area contributed by atoms with Gasteiger partial charge in [0.15, 0.2) is 0 Å². The van der Waals surface area contributed by atoms with Crippen molar-refractivity contribution in [1.82, 2.24) is 9.66 Å². The summed E-state index contributed by atoms with van der Waals surface area (Å²) in [6.07, 6.45) is 0.484. The number of hydrogen-bond acceptors (Lipinski definition) is 4. The molecular formula is C16H15ClN4O. The summed E-state index contributed by atoms with van der Waals surface area (Å²) < 4.78 is 1.41. The second-order valence-corrected chi connectivity index (χ2v) is 5.23. The van der Waals surface area contributed by atoms with Crippen molar-refractivity contribution in [3.63, 3.8) is 0 Å². The maximum Gasteiger partial charge on any atom is 0.281 e. The minimum absolute atomic E-state index is 0.233. The lowest BCUT2D eigenvalue weighted by atomic mass is 10.2. The molecule has 0 unspecified atom stereocenters. The van der Waals surface area contributed by atoms with Gasteiger partial charge >= 0.3 is 0 Å². The van der Waals surface area contributed by atoms with Crippen molar-refractivity contribution < 1.29 is 0 Å². The number of halogens is 1. The summed E-state index contributed by atoms with van der Waals surface area (Å²) in [5, 5.41) is 0.784. The lowest BCUT2D eigenvalue weighted by molar-refractivity contribution is 0.755. The summed E-state index contributed by atoms with van der Waals surface area (Å²) in [4.78, 5) is 17.3. The van der Waals surface area contributed by atoms with Crippen LogP contribution in [0.15, 0.2) is 53.3 Å². The minimum Gasteiger partial charge on any atom is -0.330 e. The van der Waals surface area contributed by atoms with Crippen LogP contribution in [-0.2, 0) is 6.42 Å². The molecule has 0 radical (unpaired) electrons. The summed E-state index contributed by atoms with van der Waals surface area (Å²) in [6.45, 7) is 0.398. The van der Waals surface area contributed by atoms with Crippen molar-refractivity contribution >= 4 is 28.2 Å². The van der Waals surface area contributed by atoms with Gasteiger partial charge in [0.2, 0.25) is 0 Å². The maximum absolute atomic E-state index is 12.8. The molecule has 0 atom stereocenters. The Morgan fingerprint density at radius 2 is 1.91 bits per heavy atom. The van der Waals surface area contributed by atoms with Crippen molar-refractivity contribution in [2.75, 3.05) is 12.0 Å². The lowest BCUT2D eigenvalue weighted by Gasteiger charge is -2.15. The summed E-state index contributed by atoms with van der Waals surface area (Å²) >= 11 is 6.16. The van der Waals surface area contributed by atoms with Gasteiger partial charge in [-0.1, -0.05) is 35.9 Å². The molecule has 2 aromatic carbocycles. The van der Waals surface area contributed by atoms with Crippen LogP contribution in [-0.4, -0.2) is 16.2 Å². The Labute approximate surface area is 132 Å². The zero-order chi connectivity index (χ0) is 15.5. The Hall–Kier alpha value is -2.37. The number of hydrogen-bond donors (Lipinski definition) is 2. The fraction of sp³-hybridized carbons (Fsp3) is 0.125. The first-order chi connectivity index (χ1) is 10.7. The summed E-state index contributed by atoms with van der Waals surface area (Å²) in [5.74, 6) is 0.575. The van der Waals surface area contributed by atoms with Crippen LogP contribution >= 0.6 is 11.6 Å². The summed E-state index contributed by atoms with van der Waals surface area (Å²) in [5.41, 5.74) is 9.84. The third kappa shape index (κ3) is 2.68. The van der Waals surface area contributed by atoms with Gasteiger partial charge in [-0.3, -0.25) is 10.2 Å². The third-order valence-electron chi connectivity index (χ3n) is 3.30. The van der Waals surface area contributed by atoms with E-state index in [9.17, 15) is 4.79 Å². The predicted molar refractivity (Wildman–Crippen MR) is 89.2 cm³/mol. The van der Waals surface area contributed by atoms with Gasteiger partial charge in [-0.25, -0.2) is 9.66 Å². The first-order valence-electron chi connectivity index (χ1n) is 6.93. The van der Waals surface area contributed by atoms with E-state index in [-0.39, 0.29) is 5.56 Å². The van der Waals surface area contributed by atoms with Crippen LogP contribution in [0, 0.1) is 0 Å². The van der Waals surface area contributed by atoms with Crippen molar-refractivity contribution in [2.24, 2.45) is 5.73 Å².